The average Bonchev–Trinajstić information content (AvgIpc) is 2.95. The Morgan fingerprint density at radius 3 is 2.07 bits per heavy atom. The van der Waals surface area contributed by atoms with Gasteiger partial charge in [-0.2, -0.15) is 0 Å². The Kier molecular flexibility index (Phi) is 4.86. The second kappa shape index (κ2) is 7.38. The third-order valence-electron chi connectivity index (χ3n) is 5.81. The van der Waals surface area contributed by atoms with E-state index in [2.05, 4.69) is 0 Å². The molecule has 0 spiro atoms. The molecule has 1 heterocycles. The van der Waals surface area contributed by atoms with Crippen molar-refractivity contribution in [2.45, 2.75) is 34.1 Å². The Morgan fingerprint density at radius 2 is 1.40 bits per heavy atom. The van der Waals surface area contributed by atoms with Gasteiger partial charge in [0.05, 0.1) is 16.8 Å². The van der Waals surface area contributed by atoms with Crippen molar-refractivity contribution in [1.82, 2.24) is 0 Å². The quantitative estimate of drug-likeness (QED) is 0.452. The van der Waals surface area contributed by atoms with Crippen LogP contribution in [0.1, 0.15) is 58.9 Å². The zero-order valence-electron chi connectivity index (χ0n) is 17.6. The summed E-state index contributed by atoms with van der Waals surface area (Å²) < 4.78 is 0. The summed E-state index contributed by atoms with van der Waals surface area (Å²) in [5.74, 6) is -0.805. The summed E-state index contributed by atoms with van der Waals surface area (Å²) in [5, 5.41) is 0. The highest BCUT2D eigenvalue weighted by Gasteiger charge is 2.38. The molecule has 0 unspecified atom stereocenters. The van der Waals surface area contributed by atoms with E-state index in [1.54, 1.807) is 18.2 Å². The molecule has 0 bridgehead atoms. The van der Waals surface area contributed by atoms with E-state index in [4.69, 9.17) is 0 Å². The monoisotopic (exact) mass is 397 g/mol. The summed E-state index contributed by atoms with van der Waals surface area (Å²) in [6.07, 6.45) is 0.253. The van der Waals surface area contributed by atoms with Crippen molar-refractivity contribution in [2.24, 2.45) is 0 Å². The molecule has 1 aliphatic heterocycles. The fraction of sp³-hybridized carbons (Fsp3) is 0.192. The van der Waals surface area contributed by atoms with E-state index in [9.17, 15) is 14.4 Å². The van der Waals surface area contributed by atoms with Gasteiger partial charge in [0.25, 0.3) is 11.8 Å². The highest BCUT2D eigenvalue weighted by molar-refractivity contribution is 6.35. The van der Waals surface area contributed by atoms with E-state index in [1.807, 2.05) is 64.1 Å². The van der Waals surface area contributed by atoms with Crippen LogP contribution in [0.15, 0.2) is 54.6 Å². The van der Waals surface area contributed by atoms with Gasteiger partial charge in [-0.15, -0.1) is 0 Å². The largest absolute Gasteiger partial charge is 0.294 e. The van der Waals surface area contributed by atoms with Crippen molar-refractivity contribution in [2.75, 3.05) is 4.90 Å². The van der Waals surface area contributed by atoms with Crippen LogP contribution in [0.25, 0.3) is 0 Å². The van der Waals surface area contributed by atoms with Crippen LogP contribution in [0.2, 0.25) is 0 Å². The molecule has 30 heavy (non-hydrogen) atoms. The number of hydrogen-bond acceptors (Lipinski definition) is 3. The predicted molar refractivity (Wildman–Crippen MR) is 117 cm³/mol. The van der Waals surface area contributed by atoms with Gasteiger partial charge in [-0.1, -0.05) is 42.5 Å². The maximum Gasteiger partial charge on any atom is 0.266 e. The number of carbonyl (C=O) groups is 3. The third kappa shape index (κ3) is 3.24. The minimum Gasteiger partial charge on any atom is -0.294 e. The molecule has 4 heteroatoms. The number of fused-ring (bicyclic) bond motifs is 1. The molecular formula is C26H23NO3. The molecular weight excluding hydrogens is 374 g/mol. The lowest BCUT2D eigenvalue weighted by Crippen LogP contribution is -2.30. The van der Waals surface area contributed by atoms with Crippen LogP contribution in [0, 0.1) is 27.7 Å². The molecule has 4 rings (SSSR count). The number of rotatable bonds is 4. The van der Waals surface area contributed by atoms with Gasteiger partial charge >= 0.3 is 0 Å². The van der Waals surface area contributed by atoms with Gasteiger partial charge < -0.3 is 0 Å². The van der Waals surface area contributed by atoms with Crippen LogP contribution in [-0.2, 0) is 6.42 Å². The summed E-state index contributed by atoms with van der Waals surface area (Å²) in [4.78, 5) is 40.2. The lowest BCUT2D eigenvalue weighted by Gasteiger charge is -2.19. The van der Waals surface area contributed by atoms with Crippen LogP contribution in [-0.4, -0.2) is 17.6 Å². The maximum atomic E-state index is 13.1. The second-order valence-corrected chi connectivity index (χ2v) is 7.97. The number of benzene rings is 3. The zero-order chi connectivity index (χ0) is 21.6. The number of aryl methyl sites for hydroxylation is 4. The maximum absolute atomic E-state index is 13.1. The Morgan fingerprint density at radius 1 is 0.733 bits per heavy atom. The first-order chi connectivity index (χ1) is 14.3. The minimum atomic E-state index is -0.381. The molecule has 3 aromatic rings. The van der Waals surface area contributed by atoms with Gasteiger partial charge in [-0.25, -0.2) is 4.90 Å². The lowest BCUT2D eigenvalue weighted by atomic mass is 9.97. The number of para-hydroxylation sites is 1. The molecule has 1 aliphatic rings. The molecule has 0 aromatic heterocycles. The Bertz CT molecular complexity index is 1200. The van der Waals surface area contributed by atoms with E-state index >= 15 is 0 Å². The number of carbonyl (C=O) groups excluding carboxylic acids is 3. The molecule has 0 radical (unpaired) electrons. The summed E-state index contributed by atoms with van der Waals surface area (Å²) in [5.41, 5.74) is 6.65. The summed E-state index contributed by atoms with van der Waals surface area (Å²) in [6.45, 7) is 7.81. The van der Waals surface area contributed by atoms with Gasteiger partial charge in [-0.05, 0) is 67.6 Å². The standard InChI is InChI=1S/C26H23NO3/c1-15-8-9-19(12-18(15)4)13-23(28)20-10-11-21-22(14-20)26(30)27(25(21)29)24-16(2)6-5-7-17(24)3/h5-12,14H,13H2,1-4H3. The highest BCUT2D eigenvalue weighted by atomic mass is 16.2. The average molecular weight is 397 g/mol. The van der Waals surface area contributed by atoms with Crippen molar-refractivity contribution < 1.29 is 14.4 Å². The molecule has 0 saturated carbocycles. The smallest absolute Gasteiger partial charge is 0.266 e. The Hall–Kier alpha value is -3.53. The van der Waals surface area contributed by atoms with Gasteiger partial charge in [-0.3, -0.25) is 14.4 Å². The van der Waals surface area contributed by atoms with Gasteiger partial charge in [0.1, 0.15) is 0 Å². The molecule has 0 aliphatic carbocycles. The molecule has 0 saturated heterocycles. The van der Waals surface area contributed by atoms with Crippen LogP contribution < -0.4 is 4.90 Å². The first-order valence-corrected chi connectivity index (χ1v) is 9.96. The van der Waals surface area contributed by atoms with Crippen molar-refractivity contribution in [1.29, 1.82) is 0 Å². The number of anilines is 1. The van der Waals surface area contributed by atoms with Crippen molar-refractivity contribution in [3.05, 3.63) is 99.1 Å². The van der Waals surface area contributed by atoms with Gasteiger partial charge in [0.2, 0.25) is 0 Å². The summed E-state index contributed by atoms with van der Waals surface area (Å²) in [6, 6.07) is 16.4. The molecule has 0 fully saturated rings. The molecule has 3 aromatic carbocycles. The van der Waals surface area contributed by atoms with Crippen molar-refractivity contribution >= 4 is 23.3 Å². The van der Waals surface area contributed by atoms with Crippen molar-refractivity contribution in [3.63, 3.8) is 0 Å². The normalized spacial score (nSPS) is 13.0. The topological polar surface area (TPSA) is 54.5 Å². The molecule has 150 valence electrons. The minimum absolute atomic E-state index is 0.0770. The number of amides is 2. The number of Topliss-reactive ketones (excluding diaryl/α,β-unsaturated/α-hetero) is 1. The SMILES string of the molecule is Cc1ccc(CC(=O)c2ccc3c(c2)C(=O)N(c2c(C)cccc2C)C3=O)cc1C. The van der Waals surface area contributed by atoms with Crippen LogP contribution in [0.5, 0.6) is 0 Å². The highest BCUT2D eigenvalue weighted by Crippen LogP contribution is 2.33. The van der Waals surface area contributed by atoms with E-state index < -0.39 is 0 Å². The molecule has 2 amide bonds. The van der Waals surface area contributed by atoms with Crippen LogP contribution in [0.3, 0.4) is 0 Å². The van der Waals surface area contributed by atoms with E-state index in [-0.39, 0.29) is 29.6 Å². The van der Waals surface area contributed by atoms with E-state index in [1.165, 1.54) is 10.5 Å². The van der Waals surface area contributed by atoms with Crippen molar-refractivity contribution in [3.8, 4) is 0 Å². The van der Waals surface area contributed by atoms with E-state index in [0.717, 1.165) is 22.3 Å². The second-order valence-electron chi connectivity index (χ2n) is 7.97. The van der Waals surface area contributed by atoms with E-state index in [0.29, 0.717) is 16.8 Å². The summed E-state index contributed by atoms with van der Waals surface area (Å²) >= 11 is 0. The molecule has 0 atom stereocenters. The third-order valence-corrected chi connectivity index (χ3v) is 5.81. The Balaban J connectivity index is 1.66. The van der Waals surface area contributed by atoms with Gasteiger partial charge in [0, 0.05) is 12.0 Å². The Labute approximate surface area is 176 Å². The number of hydrogen-bond donors (Lipinski definition) is 0. The summed E-state index contributed by atoms with van der Waals surface area (Å²) in [7, 11) is 0. The number of nitrogens with zero attached hydrogens (tertiary/aromatic N) is 1. The van der Waals surface area contributed by atoms with Crippen LogP contribution in [0.4, 0.5) is 5.69 Å². The lowest BCUT2D eigenvalue weighted by molar-refractivity contribution is 0.0924. The predicted octanol–water partition coefficient (Wildman–Crippen LogP) is 5.15. The number of ketones is 1. The first-order valence-electron chi connectivity index (χ1n) is 9.96. The molecule has 0 N–H and O–H groups in total. The zero-order valence-corrected chi connectivity index (χ0v) is 17.6. The van der Waals surface area contributed by atoms with Gasteiger partial charge in [0.15, 0.2) is 5.78 Å². The fourth-order valence-electron chi connectivity index (χ4n) is 3.98. The fourth-order valence-corrected chi connectivity index (χ4v) is 3.98. The molecule has 4 nitrogen and oxygen atoms in total. The van der Waals surface area contributed by atoms with Crippen LogP contribution >= 0.6 is 0 Å². The first kappa shape index (κ1) is 19.8. The number of imide groups is 1.